The van der Waals surface area contributed by atoms with Crippen LogP contribution in [-0.4, -0.2) is 26.6 Å². The van der Waals surface area contributed by atoms with Crippen molar-refractivity contribution in [3.8, 4) is 0 Å². The number of rotatable bonds is 6. The molecular formula is C18H18F4N2O3S. The number of para-hydroxylation sites is 1. The first-order valence-electron chi connectivity index (χ1n) is 8.09. The highest BCUT2D eigenvalue weighted by molar-refractivity contribution is 7.92. The van der Waals surface area contributed by atoms with Crippen molar-refractivity contribution in [2.45, 2.75) is 25.7 Å². The van der Waals surface area contributed by atoms with Gasteiger partial charge in [-0.3, -0.25) is 9.10 Å². The number of hydrogen-bond donors (Lipinski definition) is 1. The average molecular weight is 418 g/mol. The second-order valence-electron chi connectivity index (χ2n) is 6.10. The smallest absolute Gasteiger partial charge is 0.350 e. The Bertz CT molecular complexity index is 961. The molecule has 0 fully saturated rings. The number of nitrogens with one attached hydrogen (secondary N) is 1. The van der Waals surface area contributed by atoms with Crippen LogP contribution in [0, 0.1) is 5.82 Å². The molecule has 0 saturated heterocycles. The Balaban J connectivity index is 2.20. The van der Waals surface area contributed by atoms with Crippen molar-refractivity contribution >= 4 is 21.6 Å². The Morgan fingerprint density at radius 2 is 1.79 bits per heavy atom. The van der Waals surface area contributed by atoms with Gasteiger partial charge in [0.1, 0.15) is 11.9 Å². The fourth-order valence-corrected chi connectivity index (χ4v) is 3.78. The molecule has 0 saturated carbocycles. The lowest BCUT2D eigenvalue weighted by molar-refractivity contribution is -0.137. The largest absolute Gasteiger partial charge is 0.416 e. The molecule has 0 heterocycles. The molecule has 152 valence electrons. The van der Waals surface area contributed by atoms with Crippen molar-refractivity contribution in [1.29, 1.82) is 0 Å². The number of carbonyl (C=O) groups is 1. The fourth-order valence-electron chi connectivity index (χ4n) is 2.61. The van der Waals surface area contributed by atoms with Gasteiger partial charge in [-0.15, -0.1) is 0 Å². The van der Waals surface area contributed by atoms with Gasteiger partial charge < -0.3 is 5.32 Å². The van der Waals surface area contributed by atoms with Crippen molar-refractivity contribution in [3.63, 3.8) is 0 Å². The van der Waals surface area contributed by atoms with E-state index < -0.39 is 39.5 Å². The Morgan fingerprint density at radius 1 is 1.14 bits per heavy atom. The third-order valence-corrected chi connectivity index (χ3v) is 5.13. The van der Waals surface area contributed by atoms with E-state index in [0.29, 0.717) is 4.31 Å². The van der Waals surface area contributed by atoms with Gasteiger partial charge in [-0.25, -0.2) is 12.8 Å². The first-order valence-corrected chi connectivity index (χ1v) is 9.94. The molecule has 0 aliphatic heterocycles. The predicted octanol–water partition coefficient (Wildman–Crippen LogP) is 3.32. The van der Waals surface area contributed by atoms with Crippen LogP contribution in [0.15, 0.2) is 48.5 Å². The lowest BCUT2D eigenvalue weighted by Crippen LogP contribution is -2.48. The zero-order valence-corrected chi connectivity index (χ0v) is 15.8. The minimum atomic E-state index is -4.52. The van der Waals surface area contributed by atoms with Gasteiger partial charge in [0, 0.05) is 6.54 Å². The summed E-state index contributed by atoms with van der Waals surface area (Å²) in [6, 6.07) is 8.13. The maximum atomic E-state index is 14.1. The third kappa shape index (κ3) is 5.22. The fraction of sp³-hybridized carbons (Fsp3) is 0.278. The second-order valence-corrected chi connectivity index (χ2v) is 7.96. The number of sulfonamides is 1. The zero-order chi connectivity index (χ0) is 21.1. The van der Waals surface area contributed by atoms with E-state index in [1.165, 1.54) is 37.3 Å². The highest BCUT2D eigenvalue weighted by Gasteiger charge is 2.32. The summed E-state index contributed by atoms with van der Waals surface area (Å²) >= 11 is 0. The molecule has 0 spiro atoms. The monoisotopic (exact) mass is 418 g/mol. The molecule has 5 nitrogen and oxygen atoms in total. The summed E-state index contributed by atoms with van der Waals surface area (Å²) in [7, 11) is -4.01. The Kier molecular flexibility index (Phi) is 6.33. The molecule has 2 rings (SSSR count). The molecule has 0 radical (unpaired) electrons. The molecule has 1 amide bonds. The minimum absolute atomic E-state index is 0.187. The molecule has 1 atom stereocenters. The molecule has 0 aliphatic rings. The van der Waals surface area contributed by atoms with Gasteiger partial charge in [-0.1, -0.05) is 24.3 Å². The van der Waals surface area contributed by atoms with Gasteiger partial charge in [0.15, 0.2) is 0 Å². The van der Waals surface area contributed by atoms with Crippen molar-refractivity contribution in [2.75, 3.05) is 10.6 Å². The third-order valence-electron chi connectivity index (χ3n) is 3.90. The van der Waals surface area contributed by atoms with Gasteiger partial charge in [0.2, 0.25) is 15.9 Å². The van der Waals surface area contributed by atoms with Crippen molar-refractivity contribution in [3.05, 3.63) is 65.5 Å². The minimum Gasteiger partial charge on any atom is -0.350 e. The van der Waals surface area contributed by atoms with Crippen molar-refractivity contribution in [1.82, 2.24) is 5.32 Å². The zero-order valence-electron chi connectivity index (χ0n) is 15.0. The maximum Gasteiger partial charge on any atom is 0.416 e. The number of benzene rings is 2. The van der Waals surface area contributed by atoms with E-state index in [1.807, 2.05) is 0 Å². The van der Waals surface area contributed by atoms with Crippen LogP contribution in [-0.2, 0) is 27.5 Å². The summed E-state index contributed by atoms with van der Waals surface area (Å²) in [6.45, 7) is 1.01. The number of anilines is 1. The Labute approximate surface area is 160 Å². The van der Waals surface area contributed by atoms with Crippen LogP contribution in [0.5, 0.6) is 0 Å². The normalized spacial score (nSPS) is 13.1. The molecule has 1 N–H and O–H groups in total. The highest BCUT2D eigenvalue weighted by Crippen LogP contribution is 2.29. The van der Waals surface area contributed by atoms with Crippen LogP contribution >= 0.6 is 0 Å². The molecule has 0 aliphatic carbocycles. The number of nitrogens with zero attached hydrogens (tertiary/aromatic N) is 1. The summed E-state index contributed by atoms with van der Waals surface area (Å²) in [5, 5.41) is 2.38. The van der Waals surface area contributed by atoms with Crippen LogP contribution in [0.2, 0.25) is 0 Å². The van der Waals surface area contributed by atoms with E-state index in [9.17, 15) is 30.8 Å². The van der Waals surface area contributed by atoms with Gasteiger partial charge in [0.05, 0.1) is 17.5 Å². The molecule has 10 heteroatoms. The lowest BCUT2D eigenvalue weighted by atomic mass is 10.1. The molecular weight excluding hydrogens is 400 g/mol. The van der Waals surface area contributed by atoms with Crippen LogP contribution in [0.25, 0.3) is 0 Å². The topological polar surface area (TPSA) is 66.5 Å². The average Bonchev–Trinajstić information content (AvgIpc) is 2.60. The number of amides is 1. The van der Waals surface area contributed by atoms with E-state index in [2.05, 4.69) is 5.32 Å². The molecule has 2 aromatic rings. The van der Waals surface area contributed by atoms with Crippen molar-refractivity contribution in [2.24, 2.45) is 0 Å². The second kappa shape index (κ2) is 8.17. The predicted molar refractivity (Wildman–Crippen MR) is 96.5 cm³/mol. The van der Waals surface area contributed by atoms with Crippen LogP contribution in [0.1, 0.15) is 18.1 Å². The van der Waals surface area contributed by atoms with E-state index in [4.69, 9.17) is 0 Å². The van der Waals surface area contributed by atoms with E-state index in [1.54, 1.807) is 0 Å². The number of halogens is 4. The summed E-state index contributed by atoms with van der Waals surface area (Å²) in [4.78, 5) is 12.4. The number of carbonyl (C=O) groups excluding carboxylic acids is 1. The molecule has 2 aromatic carbocycles. The summed E-state index contributed by atoms with van der Waals surface area (Å²) in [5.41, 5.74) is -0.977. The number of hydrogen-bond acceptors (Lipinski definition) is 3. The van der Waals surface area contributed by atoms with Crippen LogP contribution in [0.4, 0.5) is 23.2 Å². The molecule has 0 bridgehead atoms. The highest BCUT2D eigenvalue weighted by atomic mass is 32.2. The van der Waals surface area contributed by atoms with Gasteiger partial charge in [0.25, 0.3) is 0 Å². The standard InChI is InChI=1S/C18H18F4N2O3S/c1-12(24(28(2,26)27)16-9-4-3-8-15(16)19)17(25)23-11-13-6-5-7-14(10-13)18(20,21)22/h3-10,12H,11H2,1-2H3,(H,23,25)/t12-/m1/s1. The summed E-state index contributed by atoms with van der Waals surface area (Å²) in [5.74, 6) is -1.61. The van der Waals surface area contributed by atoms with Gasteiger partial charge in [-0.05, 0) is 36.8 Å². The van der Waals surface area contributed by atoms with Gasteiger partial charge in [-0.2, -0.15) is 13.2 Å². The lowest BCUT2D eigenvalue weighted by Gasteiger charge is -2.28. The van der Waals surface area contributed by atoms with Crippen LogP contribution in [0.3, 0.4) is 0 Å². The van der Waals surface area contributed by atoms with Crippen LogP contribution < -0.4 is 9.62 Å². The molecule has 28 heavy (non-hydrogen) atoms. The Morgan fingerprint density at radius 3 is 2.36 bits per heavy atom. The van der Waals surface area contributed by atoms with E-state index in [-0.39, 0.29) is 17.8 Å². The van der Waals surface area contributed by atoms with Gasteiger partial charge >= 0.3 is 6.18 Å². The molecule has 0 aromatic heterocycles. The Hall–Kier alpha value is -2.62. The maximum absolute atomic E-state index is 14.1. The van der Waals surface area contributed by atoms with E-state index >= 15 is 0 Å². The van der Waals surface area contributed by atoms with Crippen molar-refractivity contribution < 1.29 is 30.8 Å². The summed E-state index contributed by atoms with van der Waals surface area (Å²) < 4.78 is 77.2. The number of alkyl halides is 3. The van der Waals surface area contributed by atoms with E-state index in [0.717, 1.165) is 24.5 Å². The first kappa shape index (κ1) is 21.7. The SMILES string of the molecule is C[C@H](C(=O)NCc1cccc(C(F)(F)F)c1)N(c1ccccc1F)S(C)(=O)=O. The summed E-state index contributed by atoms with van der Waals surface area (Å²) in [6.07, 6.45) is -3.69. The molecule has 0 unspecified atom stereocenters. The first-order chi connectivity index (χ1) is 12.9. The quantitative estimate of drug-likeness (QED) is 0.732.